The van der Waals surface area contributed by atoms with Crippen molar-refractivity contribution in [1.29, 1.82) is 0 Å². The van der Waals surface area contributed by atoms with Crippen molar-refractivity contribution in [3.05, 3.63) is 52.8 Å². The Kier molecular flexibility index (Phi) is 4.39. The highest BCUT2D eigenvalue weighted by Gasteiger charge is 2.14. The van der Waals surface area contributed by atoms with Crippen LogP contribution in [0.3, 0.4) is 0 Å². The minimum atomic E-state index is -1.13. The lowest BCUT2D eigenvalue weighted by molar-refractivity contribution is 0.0696. The highest BCUT2D eigenvalue weighted by molar-refractivity contribution is 6.31. The molecule has 0 aliphatic rings. The summed E-state index contributed by atoms with van der Waals surface area (Å²) in [6.45, 7) is 0. The third-order valence-corrected chi connectivity index (χ3v) is 2.88. The molecule has 0 bridgehead atoms. The molecule has 0 atom stereocenters. The zero-order valence-corrected chi connectivity index (χ0v) is 11.7. The second-order valence-electron chi connectivity index (χ2n) is 4.07. The zero-order chi connectivity index (χ0) is 15.4. The van der Waals surface area contributed by atoms with Crippen LogP contribution >= 0.6 is 11.6 Å². The van der Waals surface area contributed by atoms with E-state index in [1.54, 1.807) is 12.1 Å². The quantitative estimate of drug-likeness (QED) is 0.906. The van der Waals surface area contributed by atoms with E-state index < -0.39 is 11.9 Å². The van der Waals surface area contributed by atoms with Gasteiger partial charge >= 0.3 is 5.97 Å². The number of carboxylic acid groups (broad SMARTS) is 1. The molecule has 2 aromatic rings. The summed E-state index contributed by atoms with van der Waals surface area (Å²) in [5, 5.41) is 11.8. The highest BCUT2D eigenvalue weighted by Crippen LogP contribution is 2.23. The number of carbonyl (C=O) groups excluding carboxylic acids is 1. The molecule has 0 aliphatic carbocycles. The fourth-order valence-corrected chi connectivity index (χ4v) is 1.85. The molecule has 1 heterocycles. The number of methoxy groups -OCH3 is 1. The van der Waals surface area contributed by atoms with Crippen LogP contribution in [0.15, 0.2) is 36.7 Å². The maximum atomic E-state index is 12.2. The number of aromatic nitrogens is 1. The Morgan fingerprint density at radius 3 is 2.71 bits per heavy atom. The molecule has 0 saturated heterocycles. The monoisotopic (exact) mass is 306 g/mol. The van der Waals surface area contributed by atoms with E-state index in [1.165, 1.54) is 31.6 Å². The Hall–Kier alpha value is -2.60. The minimum absolute atomic E-state index is 0.0224. The van der Waals surface area contributed by atoms with Gasteiger partial charge in [-0.3, -0.25) is 9.78 Å². The Morgan fingerprint density at radius 2 is 2.05 bits per heavy atom. The highest BCUT2D eigenvalue weighted by atomic mass is 35.5. The van der Waals surface area contributed by atoms with Crippen molar-refractivity contribution in [2.24, 2.45) is 0 Å². The van der Waals surface area contributed by atoms with Gasteiger partial charge in [0.25, 0.3) is 5.91 Å². The number of anilines is 1. The van der Waals surface area contributed by atoms with E-state index in [0.29, 0.717) is 10.8 Å². The summed E-state index contributed by atoms with van der Waals surface area (Å²) in [7, 11) is 1.44. The SMILES string of the molecule is COc1ccc(Cl)cc1C(=O)Nc1cncc(C(=O)O)c1. The van der Waals surface area contributed by atoms with Gasteiger partial charge in [-0.15, -0.1) is 0 Å². The number of benzene rings is 1. The lowest BCUT2D eigenvalue weighted by Gasteiger charge is -2.09. The van der Waals surface area contributed by atoms with Crippen LogP contribution in [0.1, 0.15) is 20.7 Å². The Bertz CT molecular complexity index is 703. The molecular weight excluding hydrogens is 296 g/mol. The number of hydrogen-bond acceptors (Lipinski definition) is 4. The lowest BCUT2D eigenvalue weighted by atomic mass is 10.2. The summed E-state index contributed by atoms with van der Waals surface area (Å²) in [5.41, 5.74) is 0.485. The number of carboxylic acids is 1. The second kappa shape index (κ2) is 6.23. The van der Waals surface area contributed by atoms with E-state index in [-0.39, 0.29) is 16.8 Å². The van der Waals surface area contributed by atoms with Crippen LogP contribution in [0.2, 0.25) is 5.02 Å². The summed E-state index contributed by atoms with van der Waals surface area (Å²) in [6, 6.07) is 5.95. The van der Waals surface area contributed by atoms with Gasteiger partial charge in [-0.25, -0.2) is 4.79 Å². The fourth-order valence-electron chi connectivity index (χ4n) is 1.68. The predicted octanol–water partition coefficient (Wildman–Crippen LogP) is 2.69. The van der Waals surface area contributed by atoms with Crippen LogP contribution in [0.5, 0.6) is 5.75 Å². The first-order valence-electron chi connectivity index (χ1n) is 5.84. The van der Waals surface area contributed by atoms with Gasteiger partial charge in [0.2, 0.25) is 0 Å². The molecule has 1 aromatic heterocycles. The number of nitrogens with one attached hydrogen (secondary N) is 1. The number of pyridine rings is 1. The maximum absolute atomic E-state index is 12.2. The molecule has 0 fully saturated rings. The number of hydrogen-bond donors (Lipinski definition) is 2. The van der Waals surface area contributed by atoms with Crippen molar-refractivity contribution in [3.63, 3.8) is 0 Å². The molecule has 108 valence electrons. The number of amides is 1. The number of aromatic carboxylic acids is 1. The van der Waals surface area contributed by atoms with Crippen LogP contribution in [-0.4, -0.2) is 29.1 Å². The standard InChI is InChI=1S/C14H11ClN2O4/c1-21-12-3-2-9(15)5-11(12)13(18)17-10-4-8(14(19)20)6-16-7-10/h2-7H,1H3,(H,17,18)(H,19,20). The molecule has 2 N–H and O–H groups in total. The van der Waals surface area contributed by atoms with Gasteiger partial charge in [0, 0.05) is 11.2 Å². The van der Waals surface area contributed by atoms with E-state index in [0.717, 1.165) is 0 Å². The van der Waals surface area contributed by atoms with Gasteiger partial charge in [-0.05, 0) is 24.3 Å². The summed E-state index contributed by atoms with van der Waals surface area (Å²) >= 11 is 5.86. The number of rotatable bonds is 4. The van der Waals surface area contributed by atoms with Crippen molar-refractivity contribution in [2.45, 2.75) is 0 Å². The molecule has 2 rings (SSSR count). The minimum Gasteiger partial charge on any atom is -0.496 e. The fraction of sp³-hybridized carbons (Fsp3) is 0.0714. The summed E-state index contributed by atoms with van der Waals surface area (Å²) < 4.78 is 5.09. The molecule has 0 unspecified atom stereocenters. The van der Waals surface area contributed by atoms with Crippen molar-refractivity contribution in [1.82, 2.24) is 4.98 Å². The van der Waals surface area contributed by atoms with Crippen LogP contribution < -0.4 is 10.1 Å². The molecule has 21 heavy (non-hydrogen) atoms. The molecule has 0 radical (unpaired) electrons. The van der Waals surface area contributed by atoms with Crippen LogP contribution in [0.4, 0.5) is 5.69 Å². The van der Waals surface area contributed by atoms with E-state index in [1.807, 2.05) is 0 Å². The average Bonchev–Trinajstić information content (AvgIpc) is 2.47. The Labute approximate surface area is 125 Å². The summed E-state index contributed by atoms with van der Waals surface area (Å²) in [6.07, 6.45) is 2.54. The Balaban J connectivity index is 2.28. The molecule has 0 saturated carbocycles. The maximum Gasteiger partial charge on any atom is 0.337 e. The molecule has 1 aromatic carbocycles. The normalized spacial score (nSPS) is 10.0. The van der Waals surface area contributed by atoms with Crippen LogP contribution in [-0.2, 0) is 0 Å². The van der Waals surface area contributed by atoms with Gasteiger partial charge in [0.15, 0.2) is 0 Å². The number of carbonyl (C=O) groups is 2. The van der Waals surface area contributed by atoms with Crippen molar-refractivity contribution in [3.8, 4) is 5.75 Å². The van der Waals surface area contributed by atoms with Crippen molar-refractivity contribution in [2.75, 3.05) is 12.4 Å². The van der Waals surface area contributed by atoms with Crippen LogP contribution in [0.25, 0.3) is 0 Å². The van der Waals surface area contributed by atoms with E-state index in [4.69, 9.17) is 21.4 Å². The van der Waals surface area contributed by atoms with Gasteiger partial charge in [0.05, 0.1) is 30.1 Å². The van der Waals surface area contributed by atoms with Crippen LogP contribution in [0, 0.1) is 0 Å². The first-order chi connectivity index (χ1) is 10.0. The lowest BCUT2D eigenvalue weighted by Crippen LogP contribution is -2.14. The van der Waals surface area contributed by atoms with E-state index in [9.17, 15) is 9.59 Å². The predicted molar refractivity (Wildman–Crippen MR) is 77.2 cm³/mol. The molecule has 1 amide bonds. The molecule has 7 heteroatoms. The van der Waals surface area contributed by atoms with Gasteiger partial charge < -0.3 is 15.2 Å². The first kappa shape index (κ1) is 14.8. The average molecular weight is 307 g/mol. The van der Waals surface area contributed by atoms with Gasteiger partial charge in [0.1, 0.15) is 5.75 Å². The number of ether oxygens (including phenoxy) is 1. The first-order valence-corrected chi connectivity index (χ1v) is 6.22. The number of nitrogens with zero attached hydrogens (tertiary/aromatic N) is 1. The van der Waals surface area contributed by atoms with Crippen molar-refractivity contribution >= 4 is 29.2 Å². The summed E-state index contributed by atoms with van der Waals surface area (Å²) in [5.74, 6) is -1.24. The van der Waals surface area contributed by atoms with Gasteiger partial charge in [-0.2, -0.15) is 0 Å². The second-order valence-corrected chi connectivity index (χ2v) is 4.50. The largest absolute Gasteiger partial charge is 0.496 e. The number of halogens is 1. The topological polar surface area (TPSA) is 88.5 Å². The molecule has 0 spiro atoms. The summed E-state index contributed by atoms with van der Waals surface area (Å²) in [4.78, 5) is 26.8. The van der Waals surface area contributed by atoms with E-state index >= 15 is 0 Å². The molecule has 0 aliphatic heterocycles. The molecular formula is C14H11ClN2O4. The van der Waals surface area contributed by atoms with E-state index in [2.05, 4.69) is 10.3 Å². The molecule has 6 nitrogen and oxygen atoms in total. The van der Waals surface area contributed by atoms with Crippen molar-refractivity contribution < 1.29 is 19.4 Å². The third kappa shape index (κ3) is 3.49. The zero-order valence-electron chi connectivity index (χ0n) is 11.0. The smallest absolute Gasteiger partial charge is 0.337 e. The third-order valence-electron chi connectivity index (χ3n) is 2.65. The Morgan fingerprint density at radius 1 is 1.29 bits per heavy atom. The van der Waals surface area contributed by atoms with Gasteiger partial charge in [-0.1, -0.05) is 11.6 Å².